The van der Waals surface area contributed by atoms with Crippen LogP contribution in [0.25, 0.3) is 0 Å². The average Bonchev–Trinajstić information content (AvgIpc) is 2.26. The van der Waals surface area contributed by atoms with Gasteiger partial charge in [-0.2, -0.15) is 0 Å². The van der Waals surface area contributed by atoms with Gasteiger partial charge in [0.1, 0.15) is 6.33 Å². The summed E-state index contributed by atoms with van der Waals surface area (Å²) < 4.78 is 5.30. The van der Waals surface area contributed by atoms with Crippen molar-refractivity contribution in [1.82, 2.24) is 14.9 Å². The Morgan fingerprint density at radius 2 is 2.06 bits per heavy atom. The van der Waals surface area contributed by atoms with E-state index >= 15 is 0 Å². The lowest BCUT2D eigenvalue weighted by atomic mass is 9.99. The highest BCUT2D eigenvalue weighted by Gasteiger charge is 2.28. The molecule has 2 rings (SSSR count). The molecule has 4 heteroatoms. The third-order valence-corrected chi connectivity index (χ3v) is 3.10. The molecule has 1 aromatic rings. The fourth-order valence-corrected chi connectivity index (χ4v) is 2.06. The van der Waals surface area contributed by atoms with E-state index in [0.717, 1.165) is 36.6 Å². The number of aromatic nitrogens is 2. The van der Waals surface area contributed by atoms with Crippen LogP contribution in [-0.4, -0.2) is 34.1 Å². The van der Waals surface area contributed by atoms with Crippen molar-refractivity contribution < 1.29 is 4.74 Å². The Bertz CT molecular complexity index is 370. The Morgan fingerprint density at radius 1 is 1.31 bits per heavy atom. The predicted octanol–water partition coefficient (Wildman–Crippen LogP) is 1.64. The minimum Gasteiger partial charge on any atom is -0.481 e. The van der Waals surface area contributed by atoms with Gasteiger partial charge in [0.05, 0.1) is 12.8 Å². The van der Waals surface area contributed by atoms with Gasteiger partial charge < -0.3 is 4.74 Å². The fraction of sp³-hybridized carbons (Fsp3) is 0.667. The van der Waals surface area contributed by atoms with Crippen molar-refractivity contribution in [1.29, 1.82) is 0 Å². The lowest BCUT2D eigenvalue weighted by molar-refractivity contribution is 0.117. The van der Waals surface area contributed by atoms with E-state index in [9.17, 15) is 0 Å². The first-order valence-electron chi connectivity index (χ1n) is 5.64. The van der Waals surface area contributed by atoms with Crippen LogP contribution in [0.4, 0.5) is 0 Å². The molecule has 88 valence electrons. The molecule has 1 aromatic heterocycles. The summed E-state index contributed by atoms with van der Waals surface area (Å²) in [5.74, 6) is 0.721. The zero-order valence-electron chi connectivity index (χ0n) is 10.4. The number of hydrogen-bond donors (Lipinski definition) is 0. The first kappa shape index (κ1) is 11.3. The minimum atomic E-state index is 0.179. The molecule has 0 bridgehead atoms. The Balaban J connectivity index is 2.31. The van der Waals surface area contributed by atoms with Crippen LogP contribution in [-0.2, 0) is 13.0 Å². The summed E-state index contributed by atoms with van der Waals surface area (Å²) in [5.41, 5.74) is 2.46. The van der Waals surface area contributed by atoms with Gasteiger partial charge in [0, 0.05) is 30.6 Å². The average molecular weight is 221 g/mol. The number of ether oxygens (including phenoxy) is 1. The SMILES string of the molecule is COc1ncnc2c1CN(C(C)(C)C)CC2. The summed E-state index contributed by atoms with van der Waals surface area (Å²) in [7, 11) is 1.67. The third-order valence-electron chi connectivity index (χ3n) is 3.10. The number of nitrogens with zero attached hydrogens (tertiary/aromatic N) is 3. The quantitative estimate of drug-likeness (QED) is 0.722. The largest absolute Gasteiger partial charge is 0.481 e. The van der Waals surface area contributed by atoms with Gasteiger partial charge in [0.2, 0.25) is 5.88 Å². The van der Waals surface area contributed by atoms with Crippen LogP contribution < -0.4 is 4.74 Å². The minimum absolute atomic E-state index is 0.179. The van der Waals surface area contributed by atoms with Gasteiger partial charge in [-0.15, -0.1) is 0 Å². The van der Waals surface area contributed by atoms with Crippen molar-refractivity contribution in [2.24, 2.45) is 0 Å². The van der Waals surface area contributed by atoms with Crippen LogP contribution in [0.15, 0.2) is 6.33 Å². The molecule has 0 atom stereocenters. The van der Waals surface area contributed by atoms with E-state index in [4.69, 9.17) is 4.74 Å². The van der Waals surface area contributed by atoms with Crippen molar-refractivity contribution in [3.63, 3.8) is 0 Å². The van der Waals surface area contributed by atoms with E-state index < -0.39 is 0 Å². The molecule has 0 fully saturated rings. The summed E-state index contributed by atoms with van der Waals surface area (Å²) in [5, 5.41) is 0. The summed E-state index contributed by atoms with van der Waals surface area (Å²) in [6, 6.07) is 0. The van der Waals surface area contributed by atoms with Crippen LogP contribution in [0, 0.1) is 0 Å². The number of hydrogen-bond acceptors (Lipinski definition) is 4. The standard InChI is InChI=1S/C12H19N3O/c1-12(2,3)15-6-5-10-9(7-15)11(16-4)14-8-13-10/h8H,5-7H2,1-4H3. The molecule has 0 saturated heterocycles. The van der Waals surface area contributed by atoms with Crippen molar-refractivity contribution in [2.75, 3.05) is 13.7 Å². The van der Waals surface area contributed by atoms with E-state index in [0.29, 0.717) is 0 Å². The Hall–Kier alpha value is -1.16. The maximum absolute atomic E-state index is 5.30. The zero-order valence-corrected chi connectivity index (χ0v) is 10.4. The second-order valence-corrected chi connectivity index (χ2v) is 5.15. The summed E-state index contributed by atoms with van der Waals surface area (Å²) in [6.07, 6.45) is 2.57. The monoisotopic (exact) mass is 221 g/mol. The van der Waals surface area contributed by atoms with E-state index in [1.807, 2.05) is 0 Å². The van der Waals surface area contributed by atoms with E-state index in [1.165, 1.54) is 0 Å². The summed E-state index contributed by atoms with van der Waals surface area (Å²) >= 11 is 0. The Morgan fingerprint density at radius 3 is 2.69 bits per heavy atom. The van der Waals surface area contributed by atoms with Crippen molar-refractivity contribution in [2.45, 2.75) is 39.3 Å². The second-order valence-electron chi connectivity index (χ2n) is 5.15. The van der Waals surface area contributed by atoms with Crippen molar-refractivity contribution >= 4 is 0 Å². The molecule has 0 aliphatic carbocycles. The second kappa shape index (κ2) is 4.01. The molecule has 4 nitrogen and oxygen atoms in total. The van der Waals surface area contributed by atoms with Gasteiger partial charge >= 0.3 is 0 Å². The maximum Gasteiger partial charge on any atom is 0.220 e. The topological polar surface area (TPSA) is 38.3 Å². The number of methoxy groups -OCH3 is 1. The van der Waals surface area contributed by atoms with E-state index in [1.54, 1.807) is 13.4 Å². The van der Waals surface area contributed by atoms with E-state index in [2.05, 4.69) is 35.6 Å². The number of fused-ring (bicyclic) bond motifs is 1. The van der Waals surface area contributed by atoms with Crippen LogP contribution in [0.5, 0.6) is 5.88 Å². The highest BCUT2D eigenvalue weighted by Crippen LogP contribution is 2.28. The molecule has 0 amide bonds. The normalized spacial score (nSPS) is 17.0. The molecule has 2 heterocycles. The first-order chi connectivity index (χ1) is 7.52. The highest BCUT2D eigenvalue weighted by atomic mass is 16.5. The third kappa shape index (κ3) is 2.02. The maximum atomic E-state index is 5.30. The molecule has 1 aliphatic rings. The summed E-state index contributed by atoms with van der Waals surface area (Å²) in [4.78, 5) is 10.9. The molecule has 0 spiro atoms. The highest BCUT2D eigenvalue weighted by molar-refractivity contribution is 5.31. The lowest BCUT2D eigenvalue weighted by Crippen LogP contribution is -2.44. The van der Waals surface area contributed by atoms with E-state index in [-0.39, 0.29) is 5.54 Å². The van der Waals surface area contributed by atoms with Gasteiger partial charge in [-0.25, -0.2) is 9.97 Å². The summed E-state index contributed by atoms with van der Waals surface area (Å²) in [6.45, 7) is 8.62. The zero-order chi connectivity index (χ0) is 11.8. The molecule has 0 unspecified atom stereocenters. The number of rotatable bonds is 1. The fourth-order valence-electron chi connectivity index (χ4n) is 2.06. The lowest BCUT2D eigenvalue weighted by Gasteiger charge is -2.38. The first-order valence-corrected chi connectivity index (χ1v) is 5.64. The van der Waals surface area contributed by atoms with Gasteiger partial charge in [0.25, 0.3) is 0 Å². The molecule has 16 heavy (non-hydrogen) atoms. The smallest absolute Gasteiger partial charge is 0.220 e. The Kier molecular flexibility index (Phi) is 2.84. The van der Waals surface area contributed by atoms with Gasteiger partial charge in [-0.3, -0.25) is 4.90 Å². The molecule has 0 saturated carbocycles. The molecular weight excluding hydrogens is 202 g/mol. The Labute approximate surface area is 96.7 Å². The molecular formula is C12H19N3O. The van der Waals surface area contributed by atoms with Crippen molar-refractivity contribution in [3.8, 4) is 5.88 Å². The molecule has 0 radical (unpaired) electrons. The molecule has 0 aromatic carbocycles. The van der Waals surface area contributed by atoms with Crippen molar-refractivity contribution in [3.05, 3.63) is 17.6 Å². The van der Waals surface area contributed by atoms with Crippen LogP contribution >= 0.6 is 0 Å². The van der Waals surface area contributed by atoms with Crippen LogP contribution in [0.2, 0.25) is 0 Å². The van der Waals surface area contributed by atoms with Gasteiger partial charge in [-0.1, -0.05) is 0 Å². The van der Waals surface area contributed by atoms with Crippen LogP contribution in [0.3, 0.4) is 0 Å². The predicted molar refractivity (Wildman–Crippen MR) is 62.5 cm³/mol. The van der Waals surface area contributed by atoms with Crippen LogP contribution in [0.1, 0.15) is 32.0 Å². The van der Waals surface area contributed by atoms with Gasteiger partial charge in [-0.05, 0) is 20.8 Å². The molecule has 0 N–H and O–H groups in total. The molecule has 1 aliphatic heterocycles. The van der Waals surface area contributed by atoms with Gasteiger partial charge in [0.15, 0.2) is 0 Å².